The number of rotatable bonds is 11. The predicted octanol–water partition coefficient (Wildman–Crippen LogP) is 2.56. The molecule has 4 rings (SSSR count). The van der Waals surface area contributed by atoms with Crippen LogP contribution in [-0.4, -0.2) is 86.2 Å². The number of carbonyl (C=O) groups is 2. The molecule has 1 saturated carbocycles. The number of amides is 2. The Balaban J connectivity index is 1.24. The summed E-state index contributed by atoms with van der Waals surface area (Å²) in [5, 5.41) is 2.85. The average molecular weight is 481 g/mol. The number of hydrogen-bond acceptors (Lipinski definition) is 6. The molecule has 0 bridgehead atoms. The first-order valence-corrected chi connectivity index (χ1v) is 12.5. The lowest BCUT2D eigenvalue weighted by Crippen LogP contribution is -2.55. The molecular formula is C27H36N4O4. The molecule has 188 valence electrons. The third-order valence-electron chi connectivity index (χ3n) is 6.93. The number of nitrogens with one attached hydrogen (secondary N) is 1. The maximum Gasteiger partial charge on any atom is 0.270 e. The van der Waals surface area contributed by atoms with E-state index < -0.39 is 6.04 Å². The highest BCUT2D eigenvalue weighted by molar-refractivity contribution is 5.96. The number of aromatic nitrogens is 1. The van der Waals surface area contributed by atoms with Crippen molar-refractivity contribution in [2.45, 2.75) is 31.2 Å². The van der Waals surface area contributed by atoms with Crippen molar-refractivity contribution in [2.75, 3.05) is 53.6 Å². The first kappa shape index (κ1) is 25.1. The summed E-state index contributed by atoms with van der Waals surface area (Å²) in [5.41, 5.74) is 1.66. The Morgan fingerprint density at radius 2 is 1.89 bits per heavy atom. The highest BCUT2D eigenvalue weighted by Gasteiger charge is 2.37. The number of likely N-dealkylation sites (N-methyl/N-ethyl adjacent to an activating group) is 1. The molecule has 1 aromatic heterocycles. The molecule has 1 N–H and O–H groups in total. The highest BCUT2D eigenvalue weighted by atomic mass is 16.5. The summed E-state index contributed by atoms with van der Waals surface area (Å²) in [6.45, 7) is 3.68. The molecule has 2 amide bonds. The molecule has 2 aliphatic rings. The number of hydrogen-bond donors (Lipinski definition) is 1. The van der Waals surface area contributed by atoms with Gasteiger partial charge in [-0.05, 0) is 68.0 Å². The third-order valence-corrected chi connectivity index (χ3v) is 6.93. The number of methoxy groups -OCH3 is 1. The van der Waals surface area contributed by atoms with Crippen molar-refractivity contribution in [3.05, 3.63) is 59.9 Å². The van der Waals surface area contributed by atoms with E-state index in [1.165, 1.54) is 12.0 Å². The van der Waals surface area contributed by atoms with Crippen molar-refractivity contribution in [1.29, 1.82) is 0 Å². The summed E-state index contributed by atoms with van der Waals surface area (Å²) in [4.78, 5) is 34.0. The van der Waals surface area contributed by atoms with Crippen LogP contribution in [-0.2, 0) is 9.53 Å². The fourth-order valence-corrected chi connectivity index (χ4v) is 4.63. The van der Waals surface area contributed by atoms with Crippen molar-refractivity contribution in [3.63, 3.8) is 0 Å². The van der Waals surface area contributed by atoms with Crippen LogP contribution in [0.25, 0.3) is 0 Å². The first-order chi connectivity index (χ1) is 17.0. The van der Waals surface area contributed by atoms with Crippen molar-refractivity contribution >= 4 is 11.8 Å². The van der Waals surface area contributed by atoms with Crippen molar-refractivity contribution in [1.82, 2.24) is 20.1 Å². The fourth-order valence-electron chi connectivity index (χ4n) is 4.63. The van der Waals surface area contributed by atoms with E-state index in [9.17, 15) is 9.59 Å². The van der Waals surface area contributed by atoms with E-state index >= 15 is 0 Å². The molecular weight excluding hydrogens is 444 g/mol. The van der Waals surface area contributed by atoms with Crippen LogP contribution < -0.4 is 10.1 Å². The molecule has 3 atom stereocenters. The van der Waals surface area contributed by atoms with Gasteiger partial charge in [-0.15, -0.1) is 0 Å². The van der Waals surface area contributed by atoms with Crippen LogP contribution in [0.3, 0.4) is 0 Å². The topological polar surface area (TPSA) is 84.0 Å². The van der Waals surface area contributed by atoms with Gasteiger partial charge in [0.2, 0.25) is 5.91 Å². The summed E-state index contributed by atoms with van der Waals surface area (Å²) < 4.78 is 11.1. The predicted molar refractivity (Wildman–Crippen MR) is 133 cm³/mol. The zero-order valence-electron chi connectivity index (χ0n) is 20.7. The van der Waals surface area contributed by atoms with Gasteiger partial charge in [-0.2, -0.15) is 0 Å². The number of nitrogens with zero attached hydrogens (tertiary/aromatic N) is 3. The lowest BCUT2D eigenvalue weighted by atomic mass is 10.1. The molecule has 1 saturated heterocycles. The normalized spacial score (nSPS) is 20.8. The molecule has 1 aliphatic heterocycles. The molecule has 0 radical (unpaired) electrons. The second-order valence-electron chi connectivity index (χ2n) is 9.46. The Morgan fingerprint density at radius 3 is 2.57 bits per heavy atom. The van der Waals surface area contributed by atoms with Gasteiger partial charge in [0.25, 0.3) is 5.91 Å². The first-order valence-electron chi connectivity index (χ1n) is 12.5. The van der Waals surface area contributed by atoms with Gasteiger partial charge in [-0.25, -0.2) is 0 Å². The number of pyridine rings is 1. The standard InChI is InChI=1S/C27H36N4O4/c1-30-13-15-31(16-14-30)27(33)25(29-26(32)24-7-3-4-12-28-24)19-35-17-5-6-21-18-23(21)20-8-10-22(34-2)11-9-20/h3-4,7-12,21,23,25H,5-6,13-19H2,1-2H3,(H,29,32)/t21?,23-,25-/m0/s1. The summed E-state index contributed by atoms with van der Waals surface area (Å²) in [5.74, 6) is 1.73. The molecule has 1 aliphatic carbocycles. The van der Waals surface area contributed by atoms with Crippen LogP contribution >= 0.6 is 0 Å². The molecule has 8 heteroatoms. The van der Waals surface area contributed by atoms with Crippen LogP contribution in [0.1, 0.15) is 41.2 Å². The van der Waals surface area contributed by atoms with E-state index in [2.05, 4.69) is 27.3 Å². The summed E-state index contributed by atoms with van der Waals surface area (Å²) in [6.07, 6.45) is 4.80. The largest absolute Gasteiger partial charge is 0.497 e. The zero-order valence-corrected chi connectivity index (χ0v) is 20.7. The summed E-state index contributed by atoms with van der Waals surface area (Å²) in [7, 11) is 3.73. The van der Waals surface area contributed by atoms with Gasteiger partial charge in [0.1, 0.15) is 17.5 Å². The molecule has 1 unspecified atom stereocenters. The van der Waals surface area contributed by atoms with Crippen LogP contribution in [0, 0.1) is 5.92 Å². The second-order valence-corrected chi connectivity index (χ2v) is 9.46. The molecule has 1 aromatic carbocycles. The third kappa shape index (κ3) is 7.02. The molecule has 2 aromatic rings. The van der Waals surface area contributed by atoms with Crippen LogP contribution in [0.5, 0.6) is 5.75 Å². The minimum Gasteiger partial charge on any atom is -0.497 e. The van der Waals surface area contributed by atoms with E-state index in [1.807, 2.05) is 24.1 Å². The van der Waals surface area contributed by atoms with Crippen molar-refractivity contribution < 1.29 is 19.1 Å². The lowest BCUT2D eigenvalue weighted by Gasteiger charge is -2.34. The lowest BCUT2D eigenvalue weighted by molar-refractivity contribution is -0.136. The quantitative estimate of drug-likeness (QED) is 0.498. The van der Waals surface area contributed by atoms with Crippen molar-refractivity contribution in [2.24, 2.45) is 5.92 Å². The molecule has 2 fully saturated rings. The Morgan fingerprint density at radius 1 is 1.11 bits per heavy atom. The second kappa shape index (κ2) is 12.1. The number of piperazine rings is 1. The summed E-state index contributed by atoms with van der Waals surface area (Å²) >= 11 is 0. The maximum atomic E-state index is 13.2. The van der Waals surface area contributed by atoms with Gasteiger partial charge >= 0.3 is 0 Å². The van der Waals surface area contributed by atoms with E-state index in [0.717, 1.165) is 31.7 Å². The molecule has 0 spiro atoms. The molecule has 2 heterocycles. The number of carbonyl (C=O) groups excluding carboxylic acids is 2. The van der Waals surface area contributed by atoms with Gasteiger partial charge in [0.15, 0.2) is 0 Å². The minimum absolute atomic E-state index is 0.0934. The van der Waals surface area contributed by atoms with E-state index in [4.69, 9.17) is 9.47 Å². The Kier molecular flexibility index (Phi) is 8.71. The van der Waals surface area contributed by atoms with Gasteiger partial charge in [-0.3, -0.25) is 14.6 Å². The van der Waals surface area contributed by atoms with E-state index in [-0.39, 0.29) is 18.4 Å². The molecule has 8 nitrogen and oxygen atoms in total. The number of benzene rings is 1. The average Bonchev–Trinajstić information content (AvgIpc) is 3.68. The maximum absolute atomic E-state index is 13.2. The Bertz CT molecular complexity index is 961. The van der Waals surface area contributed by atoms with Crippen LogP contribution in [0.4, 0.5) is 0 Å². The van der Waals surface area contributed by atoms with E-state index in [1.54, 1.807) is 31.5 Å². The number of ether oxygens (including phenoxy) is 2. The van der Waals surface area contributed by atoms with Crippen molar-refractivity contribution in [3.8, 4) is 5.75 Å². The highest BCUT2D eigenvalue weighted by Crippen LogP contribution is 2.50. The Hall–Kier alpha value is -2.97. The smallest absolute Gasteiger partial charge is 0.270 e. The van der Waals surface area contributed by atoms with Gasteiger partial charge in [0, 0.05) is 39.0 Å². The van der Waals surface area contributed by atoms with Crippen LogP contribution in [0.2, 0.25) is 0 Å². The van der Waals surface area contributed by atoms with Gasteiger partial charge in [0.05, 0.1) is 13.7 Å². The zero-order chi connectivity index (χ0) is 24.6. The molecule has 35 heavy (non-hydrogen) atoms. The van der Waals surface area contributed by atoms with Crippen LogP contribution in [0.15, 0.2) is 48.7 Å². The fraction of sp³-hybridized carbons (Fsp3) is 0.519. The summed E-state index contributed by atoms with van der Waals surface area (Å²) in [6, 6.07) is 12.8. The minimum atomic E-state index is -0.721. The monoisotopic (exact) mass is 480 g/mol. The van der Waals surface area contributed by atoms with Gasteiger partial charge in [-0.1, -0.05) is 18.2 Å². The van der Waals surface area contributed by atoms with Gasteiger partial charge < -0.3 is 24.6 Å². The SMILES string of the molecule is COc1ccc([C@@H]2CC2CCCOC[C@H](NC(=O)c2ccccn2)C(=O)N2CCN(C)CC2)cc1. The van der Waals surface area contributed by atoms with E-state index in [0.29, 0.717) is 37.2 Å². The Labute approximate surface area is 207 Å².